The Morgan fingerprint density at radius 2 is 1.66 bits per heavy atom. The number of rotatable bonds is 1. The number of benzene rings is 2. The molecular formula is C24H19Cl2NO2. The van der Waals surface area contributed by atoms with Crippen LogP contribution in [0.5, 0.6) is 0 Å². The lowest BCUT2D eigenvalue weighted by atomic mass is 9.66. The molecule has 0 amide bonds. The van der Waals surface area contributed by atoms with Gasteiger partial charge in [0.15, 0.2) is 11.6 Å². The number of hydrogen-bond acceptors (Lipinski definition) is 3. The van der Waals surface area contributed by atoms with Crippen molar-refractivity contribution in [2.24, 2.45) is 16.3 Å². The van der Waals surface area contributed by atoms with Crippen LogP contribution in [0.25, 0.3) is 0 Å². The number of Topliss-reactive ketones (excluding diaryl/α,β-unsaturated/α-hetero) is 2. The smallest absolute Gasteiger partial charge is 0.173 e. The Hall–Kier alpha value is -2.23. The number of carbonyl (C=O) groups is 2. The maximum absolute atomic E-state index is 13.4. The zero-order chi connectivity index (χ0) is 20.5. The van der Waals surface area contributed by atoms with Crippen molar-refractivity contribution < 1.29 is 9.59 Å². The van der Waals surface area contributed by atoms with Gasteiger partial charge in [-0.05, 0) is 23.5 Å². The van der Waals surface area contributed by atoms with Crippen LogP contribution in [-0.4, -0.2) is 17.3 Å². The summed E-state index contributed by atoms with van der Waals surface area (Å²) < 4.78 is 0. The zero-order valence-electron chi connectivity index (χ0n) is 16.1. The lowest BCUT2D eigenvalue weighted by Gasteiger charge is -2.38. The molecule has 1 heterocycles. The van der Waals surface area contributed by atoms with Gasteiger partial charge in [0, 0.05) is 34.7 Å². The van der Waals surface area contributed by atoms with Crippen molar-refractivity contribution in [1.82, 2.24) is 0 Å². The second kappa shape index (κ2) is 6.38. The summed E-state index contributed by atoms with van der Waals surface area (Å²) in [5.74, 6) is -0.979. The molecule has 0 aromatic heterocycles. The van der Waals surface area contributed by atoms with Crippen LogP contribution in [0, 0.1) is 11.3 Å². The molecule has 0 N–H and O–H groups in total. The fourth-order valence-corrected chi connectivity index (χ4v) is 5.41. The first-order valence-corrected chi connectivity index (χ1v) is 10.5. The van der Waals surface area contributed by atoms with Gasteiger partial charge in [-0.3, -0.25) is 14.6 Å². The molecule has 2 atom stereocenters. The van der Waals surface area contributed by atoms with Gasteiger partial charge in [-0.15, -0.1) is 0 Å². The van der Waals surface area contributed by atoms with Crippen molar-refractivity contribution in [3.05, 3.63) is 80.5 Å². The van der Waals surface area contributed by atoms with E-state index in [1.54, 1.807) is 6.07 Å². The van der Waals surface area contributed by atoms with Gasteiger partial charge < -0.3 is 0 Å². The topological polar surface area (TPSA) is 46.5 Å². The van der Waals surface area contributed by atoms with Crippen molar-refractivity contribution in [2.75, 3.05) is 0 Å². The average molecular weight is 424 g/mol. The highest BCUT2D eigenvalue weighted by Crippen LogP contribution is 2.52. The number of aliphatic imine (C=N–C) groups is 1. The van der Waals surface area contributed by atoms with E-state index in [2.05, 4.69) is 13.8 Å². The van der Waals surface area contributed by atoms with Gasteiger partial charge in [-0.1, -0.05) is 73.4 Å². The van der Waals surface area contributed by atoms with Gasteiger partial charge in [0.1, 0.15) is 0 Å². The third-order valence-electron chi connectivity index (χ3n) is 6.16. The van der Waals surface area contributed by atoms with Gasteiger partial charge in [0.25, 0.3) is 0 Å². The first-order chi connectivity index (χ1) is 13.8. The Balaban J connectivity index is 1.80. The van der Waals surface area contributed by atoms with E-state index in [-0.39, 0.29) is 17.0 Å². The molecule has 0 saturated heterocycles. The highest BCUT2D eigenvalue weighted by molar-refractivity contribution is 6.42. The van der Waals surface area contributed by atoms with Crippen LogP contribution in [0.4, 0.5) is 0 Å². The third kappa shape index (κ3) is 2.75. The van der Waals surface area contributed by atoms with E-state index in [4.69, 9.17) is 28.2 Å². The van der Waals surface area contributed by atoms with Crippen LogP contribution in [-0.2, 0) is 4.79 Å². The van der Waals surface area contributed by atoms with E-state index < -0.39 is 11.8 Å². The second-order valence-corrected chi connectivity index (χ2v) is 9.59. The van der Waals surface area contributed by atoms with Gasteiger partial charge in [0.2, 0.25) is 0 Å². The van der Waals surface area contributed by atoms with Crippen molar-refractivity contribution in [3.8, 4) is 0 Å². The van der Waals surface area contributed by atoms with Crippen molar-refractivity contribution in [1.29, 1.82) is 0 Å². The lowest BCUT2D eigenvalue weighted by molar-refractivity contribution is -0.118. The average Bonchev–Trinajstić information content (AvgIpc) is 2.94. The summed E-state index contributed by atoms with van der Waals surface area (Å²) in [6.07, 6.45) is 1.12. The molecule has 0 bridgehead atoms. The van der Waals surface area contributed by atoms with Crippen molar-refractivity contribution >= 4 is 40.5 Å². The van der Waals surface area contributed by atoms with Gasteiger partial charge in [0.05, 0.1) is 21.7 Å². The molecule has 0 fully saturated rings. The number of carbonyl (C=O) groups excluding carboxylic acids is 2. The van der Waals surface area contributed by atoms with Crippen LogP contribution >= 0.6 is 23.2 Å². The first-order valence-electron chi connectivity index (χ1n) is 9.71. The Morgan fingerprint density at radius 1 is 0.931 bits per heavy atom. The molecule has 2 aliphatic carbocycles. The highest BCUT2D eigenvalue weighted by atomic mass is 35.5. The molecule has 3 nitrogen and oxygen atoms in total. The molecule has 146 valence electrons. The monoisotopic (exact) mass is 423 g/mol. The minimum Gasteiger partial charge on any atom is -0.294 e. The summed E-state index contributed by atoms with van der Waals surface area (Å²) in [5.41, 5.74) is 4.22. The van der Waals surface area contributed by atoms with Crippen molar-refractivity contribution in [3.63, 3.8) is 0 Å². The zero-order valence-corrected chi connectivity index (χ0v) is 17.6. The molecule has 3 aliphatic rings. The summed E-state index contributed by atoms with van der Waals surface area (Å²) in [6.45, 7) is 4.16. The van der Waals surface area contributed by atoms with Crippen molar-refractivity contribution in [2.45, 2.75) is 32.6 Å². The minimum absolute atomic E-state index is 0.00965. The quantitative estimate of drug-likeness (QED) is 0.561. The standard InChI is InChI=1S/C24H19Cl2NO2/c1-24(2)10-16-19(17(28)11-24)18(14-8-5-9-15(25)21(14)26)20-22(27-16)12-6-3-4-7-13(12)23(20)29/h3-9,18,20H,10-11H2,1-2H3/t18-,20+/m0/s1. The normalized spacial score (nSPS) is 24.8. The predicted octanol–water partition coefficient (Wildman–Crippen LogP) is 6.04. The van der Waals surface area contributed by atoms with Crippen LogP contribution in [0.1, 0.15) is 54.1 Å². The Labute approximate surface area is 179 Å². The Morgan fingerprint density at radius 3 is 2.41 bits per heavy atom. The molecule has 2 aromatic carbocycles. The molecule has 0 saturated carbocycles. The van der Waals surface area contributed by atoms with E-state index in [0.717, 1.165) is 22.5 Å². The first kappa shape index (κ1) is 18.8. The SMILES string of the molecule is CC1(C)CC(=O)C2=C(C1)N=C1c3ccccc3C(=O)[C@@H]1[C@H]2c1cccc(Cl)c1Cl. The molecule has 0 unspecified atom stereocenters. The third-order valence-corrected chi connectivity index (χ3v) is 6.99. The molecule has 5 rings (SSSR count). The van der Waals surface area contributed by atoms with E-state index in [1.165, 1.54) is 0 Å². The van der Waals surface area contributed by atoms with E-state index in [0.29, 0.717) is 34.0 Å². The molecule has 29 heavy (non-hydrogen) atoms. The van der Waals surface area contributed by atoms with Crippen LogP contribution in [0.3, 0.4) is 0 Å². The second-order valence-electron chi connectivity index (χ2n) is 8.81. The number of fused-ring (bicyclic) bond motifs is 3. The number of nitrogens with zero attached hydrogens (tertiary/aromatic N) is 1. The fraction of sp³-hybridized carbons (Fsp3) is 0.292. The van der Waals surface area contributed by atoms with Crippen LogP contribution < -0.4 is 0 Å². The maximum atomic E-state index is 13.4. The summed E-state index contributed by atoms with van der Waals surface area (Å²) in [4.78, 5) is 31.6. The summed E-state index contributed by atoms with van der Waals surface area (Å²) in [6, 6.07) is 13.0. The van der Waals surface area contributed by atoms with Crippen LogP contribution in [0.2, 0.25) is 10.0 Å². The molecule has 0 radical (unpaired) electrons. The van der Waals surface area contributed by atoms with Gasteiger partial charge in [-0.25, -0.2) is 0 Å². The van der Waals surface area contributed by atoms with E-state index in [9.17, 15) is 9.59 Å². The highest BCUT2D eigenvalue weighted by Gasteiger charge is 2.50. The summed E-state index contributed by atoms with van der Waals surface area (Å²) in [7, 11) is 0. The van der Waals surface area contributed by atoms with Gasteiger partial charge >= 0.3 is 0 Å². The number of allylic oxidation sites excluding steroid dienone is 2. The largest absolute Gasteiger partial charge is 0.294 e. The molecule has 1 aliphatic heterocycles. The van der Waals surface area contributed by atoms with E-state index >= 15 is 0 Å². The summed E-state index contributed by atoms with van der Waals surface area (Å²) in [5, 5.41) is 0.815. The number of hydrogen-bond donors (Lipinski definition) is 0. The maximum Gasteiger partial charge on any atom is 0.173 e. The molecular weight excluding hydrogens is 405 g/mol. The number of ketones is 2. The minimum atomic E-state index is -0.549. The molecule has 0 spiro atoms. The molecule has 2 aromatic rings. The Kier molecular flexibility index (Phi) is 4.13. The van der Waals surface area contributed by atoms with E-state index in [1.807, 2.05) is 36.4 Å². The Bertz CT molecular complexity index is 1160. The fourth-order valence-electron chi connectivity index (χ4n) is 4.98. The molecule has 5 heteroatoms. The van der Waals surface area contributed by atoms with Crippen LogP contribution in [0.15, 0.2) is 58.7 Å². The summed E-state index contributed by atoms with van der Waals surface area (Å²) >= 11 is 12.9. The predicted molar refractivity (Wildman–Crippen MR) is 115 cm³/mol. The number of halogens is 2. The lowest BCUT2D eigenvalue weighted by Crippen LogP contribution is -2.37. The van der Waals surface area contributed by atoms with Gasteiger partial charge in [-0.2, -0.15) is 0 Å².